The third-order valence-corrected chi connectivity index (χ3v) is 2.33. The predicted molar refractivity (Wildman–Crippen MR) is 52.6 cm³/mol. The van der Waals surface area contributed by atoms with E-state index in [2.05, 4.69) is 0 Å². The molecule has 0 aromatic carbocycles. The van der Waals surface area contributed by atoms with E-state index in [4.69, 9.17) is 14.2 Å². The fourth-order valence-corrected chi connectivity index (χ4v) is 1.66. The summed E-state index contributed by atoms with van der Waals surface area (Å²) in [5.74, 6) is -1.37. The SMILES string of the molecule is CC(=O)O[C@@H]1[C@@H](OC(C)=O)[C@@H](F)[C@@H](O)O[C@H]1C. The summed E-state index contributed by atoms with van der Waals surface area (Å²) in [6, 6.07) is 0. The highest BCUT2D eigenvalue weighted by atomic mass is 19.1. The number of esters is 2. The quantitative estimate of drug-likeness (QED) is 0.690. The van der Waals surface area contributed by atoms with Gasteiger partial charge in [0.15, 0.2) is 24.7 Å². The number of carbonyl (C=O) groups excluding carboxylic acids is 2. The second kappa shape index (κ2) is 5.42. The Bertz CT molecular complexity index is 307. The second-order valence-corrected chi connectivity index (χ2v) is 3.82. The zero-order valence-corrected chi connectivity index (χ0v) is 9.75. The molecule has 0 bridgehead atoms. The van der Waals surface area contributed by atoms with Crippen LogP contribution in [-0.2, 0) is 23.8 Å². The zero-order chi connectivity index (χ0) is 13.2. The fourth-order valence-electron chi connectivity index (χ4n) is 1.66. The normalized spacial score (nSPS) is 37.4. The molecule has 1 aliphatic rings. The maximum absolute atomic E-state index is 13.6. The number of aliphatic hydroxyl groups excluding tert-OH is 1. The summed E-state index contributed by atoms with van der Waals surface area (Å²) in [5, 5.41) is 9.25. The second-order valence-electron chi connectivity index (χ2n) is 3.82. The highest BCUT2D eigenvalue weighted by molar-refractivity contribution is 5.67. The van der Waals surface area contributed by atoms with E-state index in [-0.39, 0.29) is 0 Å². The van der Waals surface area contributed by atoms with Crippen LogP contribution in [0.15, 0.2) is 0 Å². The largest absolute Gasteiger partial charge is 0.456 e. The number of carbonyl (C=O) groups is 2. The number of rotatable bonds is 2. The molecule has 1 aliphatic heterocycles. The van der Waals surface area contributed by atoms with E-state index >= 15 is 0 Å². The van der Waals surface area contributed by atoms with Crippen molar-refractivity contribution in [3.8, 4) is 0 Å². The number of hydrogen-bond acceptors (Lipinski definition) is 6. The summed E-state index contributed by atoms with van der Waals surface area (Å²) in [6.07, 6.45) is -6.88. The van der Waals surface area contributed by atoms with Crippen molar-refractivity contribution in [2.24, 2.45) is 0 Å². The highest BCUT2D eigenvalue weighted by Gasteiger charge is 2.48. The van der Waals surface area contributed by atoms with Crippen molar-refractivity contribution in [3.63, 3.8) is 0 Å². The van der Waals surface area contributed by atoms with Crippen molar-refractivity contribution < 1.29 is 33.3 Å². The molecule has 1 heterocycles. The van der Waals surface area contributed by atoms with E-state index in [0.717, 1.165) is 13.8 Å². The Kier molecular flexibility index (Phi) is 4.41. The van der Waals surface area contributed by atoms with Gasteiger partial charge in [-0.2, -0.15) is 0 Å². The van der Waals surface area contributed by atoms with Crippen LogP contribution in [0.25, 0.3) is 0 Å². The summed E-state index contributed by atoms with van der Waals surface area (Å²) in [7, 11) is 0. The number of alkyl halides is 1. The molecule has 0 saturated carbocycles. The number of ether oxygens (including phenoxy) is 3. The number of aliphatic hydroxyl groups is 1. The van der Waals surface area contributed by atoms with Crippen LogP contribution < -0.4 is 0 Å². The van der Waals surface area contributed by atoms with Crippen LogP contribution in [0.4, 0.5) is 4.39 Å². The van der Waals surface area contributed by atoms with Gasteiger partial charge in [-0.05, 0) is 6.92 Å². The van der Waals surface area contributed by atoms with Crippen molar-refractivity contribution in [2.45, 2.75) is 51.5 Å². The Labute approximate surface area is 97.6 Å². The molecular formula is C10H15FO6. The molecular weight excluding hydrogens is 235 g/mol. The Morgan fingerprint density at radius 3 is 2.12 bits per heavy atom. The lowest BCUT2D eigenvalue weighted by Crippen LogP contribution is -2.57. The molecule has 6 nitrogen and oxygen atoms in total. The van der Waals surface area contributed by atoms with E-state index in [1.54, 1.807) is 0 Å². The Morgan fingerprint density at radius 2 is 1.65 bits per heavy atom. The van der Waals surface area contributed by atoms with Crippen molar-refractivity contribution >= 4 is 11.9 Å². The van der Waals surface area contributed by atoms with Gasteiger partial charge >= 0.3 is 11.9 Å². The number of hydrogen-bond donors (Lipinski definition) is 1. The molecule has 1 fully saturated rings. The molecule has 0 radical (unpaired) electrons. The minimum atomic E-state index is -1.96. The topological polar surface area (TPSA) is 82.1 Å². The van der Waals surface area contributed by atoms with Gasteiger partial charge in [0, 0.05) is 13.8 Å². The monoisotopic (exact) mass is 250 g/mol. The maximum Gasteiger partial charge on any atom is 0.303 e. The van der Waals surface area contributed by atoms with E-state index in [1.165, 1.54) is 6.92 Å². The van der Waals surface area contributed by atoms with Crippen LogP contribution in [0, 0.1) is 0 Å². The third kappa shape index (κ3) is 3.37. The average molecular weight is 250 g/mol. The number of halogens is 1. The van der Waals surface area contributed by atoms with Crippen LogP contribution >= 0.6 is 0 Å². The zero-order valence-electron chi connectivity index (χ0n) is 9.75. The van der Waals surface area contributed by atoms with Crippen LogP contribution in [0.2, 0.25) is 0 Å². The molecule has 0 aromatic heterocycles. The molecule has 0 aromatic rings. The minimum absolute atomic E-state index is 0.647. The van der Waals surface area contributed by atoms with Gasteiger partial charge in [0.2, 0.25) is 0 Å². The maximum atomic E-state index is 13.6. The van der Waals surface area contributed by atoms with Gasteiger partial charge in [-0.1, -0.05) is 0 Å². The van der Waals surface area contributed by atoms with Crippen LogP contribution in [0.1, 0.15) is 20.8 Å². The molecule has 0 unspecified atom stereocenters. The molecule has 5 atom stereocenters. The first-order valence-electron chi connectivity index (χ1n) is 5.15. The van der Waals surface area contributed by atoms with Crippen molar-refractivity contribution in [1.29, 1.82) is 0 Å². The molecule has 98 valence electrons. The van der Waals surface area contributed by atoms with Gasteiger partial charge in [-0.3, -0.25) is 9.59 Å². The summed E-state index contributed by atoms with van der Waals surface area (Å²) >= 11 is 0. The van der Waals surface area contributed by atoms with Crippen LogP contribution in [0.3, 0.4) is 0 Å². The third-order valence-electron chi connectivity index (χ3n) is 2.33. The first-order chi connectivity index (χ1) is 7.82. The summed E-state index contributed by atoms with van der Waals surface area (Å²) < 4.78 is 28.0. The molecule has 0 amide bonds. The van der Waals surface area contributed by atoms with Gasteiger partial charge in [0.05, 0.1) is 6.10 Å². The first kappa shape index (κ1) is 13.9. The lowest BCUT2D eigenvalue weighted by atomic mass is 10.0. The van der Waals surface area contributed by atoms with Gasteiger partial charge in [0.25, 0.3) is 0 Å². The minimum Gasteiger partial charge on any atom is -0.456 e. The standard InChI is InChI=1S/C10H15FO6/c1-4-8(16-5(2)12)9(17-6(3)13)7(11)10(14)15-4/h4,7-10,14H,1-3H3/t4-,7+,8-,9-,10-/m0/s1. The molecule has 0 aliphatic carbocycles. The molecule has 7 heteroatoms. The van der Waals surface area contributed by atoms with E-state index in [0.29, 0.717) is 0 Å². The van der Waals surface area contributed by atoms with Crippen molar-refractivity contribution in [1.82, 2.24) is 0 Å². The lowest BCUT2D eigenvalue weighted by Gasteiger charge is -2.39. The summed E-state index contributed by atoms with van der Waals surface area (Å²) in [4.78, 5) is 21.7. The summed E-state index contributed by atoms with van der Waals surface area (Å²) in [5.41, 5.74) is 0. The Balaban J connectivity index is 2.86. The highest BCUT2D eigenvalue weighted by Crippen LogP contribution is 2.27. The van der Waals surface area contributed by atoms with Crippen LogP contribution in [-0.4, -0.2) is 47.8 Å². The smallest absolute Gasteiger partial charge is 0.303 e. The van der Waals surface area contributed by atoms with Crippen LogP contribution in [0.5, 0.6) is 0 Å². The predicted octanol–water partition coefficient (Wildman–Crippen LogP) is -0.0750. The van der Waals surface area contributed by atoms with E-state index < -0.39 is 42.7 Å². The summed E-state index contributed by atoms with van der Waals surface area (Å²) in [6.45, 7) is 3.74. The fraction of sp³-hybridized carbons (Fsp3) is 0.800. The van der Waals surface area contributed by atoms with E-state index in [9.17, 15) is 19.1 Å². The molecule has 0 spiro atoms. The van der Waals surface area contributed by atoms with Gasteiger partial charge in [-0.25, -0.2) is 4.39 Å². The van der Waals surface area contributed by atoms with E-state index in [1.807, 2.05) is 0 Å². The van der Waals surface area contributed by atoms with Gasteiger partial charge in [-0.15, -0.1) is 0 Å². The Hall–Kier alpha value is -1.21. The first-order valence-corrected chi connectivity index (χ1v) is 5.15. The lowest BCUT2D eigenvalue weighted by molar-refractivity contribution is -0.269. The molecule has 1 rings (SSSR count). The Morgan fingerprint density at radius 1 is 1.18 bits per heavy atom. The molecule has 17 heavy (non-hydrogen) atoms. The van der Waals surface area contributed by atoms with Gasteiger partial charge < -0.3 is 19.3 Å². The molecule has 1 saturated heterocycles. The van der Waals surface area contributed by atoms with Gasteiger partial charge in [0.1, 0.15) is 0 Å². The van der Waals surface area contributed by atoms with Crippen molar-refractivity contribution in [2.75, 3.05) is 0 Å². The van der Waals surface area contributed by atoms with Crippen molar-refractivity contribution in [3.05, 3.63) is 0 Å². The average Bonchev–Trinajstić information content (AvgIpc) is 2.19. The molecule has 1 N–H and O–H groups in total.